The number of thioether (sulfide) groups is 1. The van der Waals surface area contributed by atoms with Gasteiger partial charge in [-0.15, -0.1) is 11.8 Å². The van der Waals surface area contributed by atoms with Crippen molar-refractivity contribution < 1.29 is 5.11 Å². The van der Waals surface area contributed by atoms with Gasteiger partial charge in [-0.05, 0) is 49.4 Å². The summed E-state index contributed by atoms with van der Waals surface area (Å²) in [6.45, 7) is 1.83. The quantitative estimate of drug-likeness (QED) is 0.807. The lowest BCUT2D eigenvalue weighted by molar-refractivity contribution is 0.196. The van der Waals surface area contributed by atoms with E-state index in [4.69, 9.17) is 0 Å². The van der Waals surface area contributed by atoms with Gasteiger partial charge >= 0.3 is 0 Å². The van der Waals surface area contributed by atoms with Crippen LogP contribution in [0.3, 0.4) is 0 Å². The van der Waals surface area contributed by atoms with Gasteiger partial charge in [-0.2, -0.15) is 0 Å². The third-order valence-corrected chi connectivity index (χ3v) is 5.19. The van der Waals surface area contributed by atoms with Crippen LogP contribution in [0, 0.1) is 5.92 Å². The van der Waals surface area contributed by atoms with Crippen molar-refractivity contribution in [3.05, 3.63) is 28.2 Å². The molecule has 0 bridgehead atoms. The maximum absolute atomic E-state index is 9.79. The number of halogens is 1. The molecule has 0 saturated heterocycles. The fourth-order valence-corrected chi connectivity index (χ4v) is 4.05. The van der Waals surface area contributed by atoms with E-state index in [0.29, 0.717) is 0 Å². The predicted octanol–water partition coefficient (Wildman–Crippen LogP) is 4.78. The summed E-state index contributed by atoms with van der Waals surface area (Å²) in [5, 5.41) is 9.79. The van der Waals surface area contributed by atoms with Crippen LogP contribution in [0.2, 0.25) is 0 Å². The Morgan fingerprint density at radius 3 is 2.76 bits per heavy atom. The first-order chi connectivity index (χ1) is 8.16. The first-order valence-corrected chi connectivity index (χ1v) is 8.05. The van der Waals surface area contributed by atoms with Crippen LogP contribution < -0.4 is 0 Å². The zero-order valence-electron chi connectivity index (χ0n) is 10.2. The van der Waals surface area contributed by atoms with Gasteiger partial charge in [0.25, 0.3) is 0 Å². The normalized spacial score (nSPS) is 18.5. The molecule has 3 heteroatoms. The highest BCUT2D eigenvalue weighted by molar-refractivity contribution is 9.10. The zero-order chi connectivity index (χ0) is 12.3. The van der Waals surface area contributed by atoms with E-state index in [2.05, 4.69) is 28.1 Å². The van der Waals surface area contributed by atoms with Crippen molar-refractivity contribution in [1.82, 2.24) is 0 Å². The Kier molecular flexibility index (Phi) is 4.95. The summed E-state index contributed by atoms with van der Waals surface area (Å²) >= 11 is 5.36. The van der Waals surface area contributed by atoms with E-state index >= 15 is 0 Å². The molecular formula is C14H19BrOS. The zero-order valence-corrected chi connectivity index (χ0v) is 12.6. The molecule has 94 valence electrons. The second kappa shape index (κ2) is 6.26. The van der Waals surface area contributed by atoms with Crippen molar-refractivity contribution in [3.63, 3.8) is 0 Å². The molecule has 1 saturated carbocycles. The van der Waals surface area contributed by atoms with Crippen LogP contribution in [0.25, 0.3) is 0 Å². The molecule has 0 spiro atoms. The summed E-state index contributed by atoms with van der Waals surface area (Å²) < 4.78 is 1.04. The van der Waals surface area contributed by atoms with Crippen molar-refractivity contribution in [2.45, 2.75) is 43.6 Å². The predicted molar refractivity (Wildman–Crippen MR) is 77.5 cm³/mol. The number of aliphatic hydroxyl groups excluding tert-OH is 1. The van der Waals surface area contributed by atoms with Crippen LogP contribution >= 0.6 is 27.7 Å². The van der Waals surface area contributed by atoms with Crippen molar-refractivity contribution in [2.75, 3.05) is 5.75 Å². The fraction of sp³-hybridized carbons (Fsp3) is 0.571. The van der Waals surface area contributed by atoms with Gasteiger partial charge < -0.3 is 5.11 Å². The number of rotatable bonds is 4. The van der Waals surface area contributed by atoms with E-state index in [-0.39, 0.29) is 0 Å². The molecule has 1 atom stereocenters. The Balaban J connectivity index is 2.03. The molecule has 17 heavy (non-hydrogen) atoms. The Labute approximate surface area is 116 Å². The molecule has 0 aliphatic heterocycles. The van der Waals surface area contributed by atoms with Gasteiger partial charge in [-0.25, -0.2) is 0 Å². The molecule has 0 radical (unpaired) electrons. The van der Waals surface area contributed by atoms with Crippen LogP contribution in [0.5, 0.6) is 0 Å². The highest BCUT2D eigenvalue weighted by atomic mass is 79.9. The molecule has 1 aliphatic carbocycles. The van der Waals surface area contributed by atoms with E-state index < -0.39 is 6.10 Å². The van der Waals surface area contributed by atoms with E-state index in [1.807, 2.05) is 24.8 Å². The summed E-state index contributed by atoms with van der Waals surface area (Å²) in [6, 6.07) is 6.20. The lowest BCUT2D eigenvalue weighted by Gasteiger charge is -2.14. The van der Waals surface area contributed by atoms with Crippen LogP contribution in [-0.2, 0) is 0 Å². The first kappa shape index (κ1) is 13.4. The summed E-state index contributed by atoms with van der Waals surface area (Å²) in [5.74, 6) is 2.08. The van der Waals surface area contributed by atoms with Crippen molar-refractivity contribution in [1.29, 1.82) is 0 Å². The lowest BCUT2D eigenvalue weighted by Crippen LogP contribution is -1.99. The van der Waals surface area contributed by atoms with E-state index in [1.165, 1.54) is 36.3 Å². The molecule has 0 amide bonds. The Morgan fingerprint density at radius 1 is 1.41 bits per heavy atom. The second-order valence-electron chi connectivity index (χ2n) is 4.82. The third-order valence-electron chi connectivity index (χ3n) is 3.37. The largest absolute Gasteiger partial charge is 0.389 e. The minimum Gasteiger partial charge on any atom is -0.389 e. The minimum atomic E-state index is -0.390. The highest BCUT2D eigenvalue weighted by Crippen LogP contribution is 2.35. The van der Waals surface area contributed by atoms with Crippen LogP contribution in [0.4, 0.5) is 0 Å². The van der Waals surface area contributed by atoms with Gasteiger partial charge in [0.15, 0.2) is 0 Å². The molecule has 2 rings (SSSR count). The van der Waals surface area contributed by atoms with E-state index in [0.717, 1.165) is 16.0 Å². The summed E-state index contributed by atoms with van der Waals surface area (Å²) in [6.07, 6.45) is 5.17. The van der Waals surface area contributed by atoms with Crippen LogP contribution in [-0.4, -0.2) is 10.9 Å². The molecule has 1 unspecified atom stereocenters. The van der Waals surface area contributed by atoms with Gasteiger partial charge in [0.2, 0.25) is 0 Å². The van der Waals surface area contributed by atoms with Gasteiger partial charge in [0.1, 0.15) is 0 Å². The number of hydrogen-bond donors (Lipinski definition) is 1. The lowest BCUT2D eigenvalue weighted by atomic mass is 10.1. The molecule has 1 aromatic carbocycles. The molecule has 0 heterocycles. The standard InChI is InChI=1S/C14H19BrOS/c1-10(16)13-8-12(15)6-7-14(13)17-9-11-4-2-3-5-11/h6-8,10-11,16H,2-5,9H2,1H3. The van der Waals surface area contributed by atoms with E-state index in [1.54, 1.807) is 0 Å². The van der Waals surface area contributed by atoms with Crippen molar-refractivity contribution in [3.8, 4) is 0 Å². The molecule has 0 aromatic heterocycles. The third kappa shape index (κ3) is 3.73. The van der Waals surface area contributed by atoms with Crippen molar-refractivity contribution >= 4 is 27.7 Å². The smallest absolute Gasteiger partial charge is 0.0773 e. The fourth-order valence-electron chi connectivity index (χ4n) is 2.36. The van der Waals surface area contributed by atoms with Gasteiger partial charge in [-0.1, -0.05) is 28.8 Å². The summed E-state index contributed by atoms with van der Waals surface area (Å²) in [5.41, 5.74) is 1.04. The van der Waals surface area contributed by atoms with Gasteiger partial charge in [0.05, 0.1) is 6.10 Å². The Bertz CT molecular complexity index is 372. The second-order valence-corrected chi connectivity index (χ2v) is 6.80. The molecule has 1 aromatic rings. The summed E-state index contributed by atoms with van der Waals surface area (Å²) in [4.78, 5) is 1.23. The number of hydrogen-bond acceptors (Lipinski definition) is 2. The molecule has 1 nitrogen and oxygen atoms in total. The number of aliphatic hydroxyl groups is 1. The van der Waals surface area contributed by atoms with Crippen molar-refractivity contribution in [2.24, 2.45) is 5.92 Å². The number of benzene rings is 1. The maximum Gasteiger partial charge on any atom is 0.0773 e. The Hall–Kier alpha value is 0.01000. The van der Waals surface area contributed by atoms with Crippen LogP contribution in [0.1, 0.15) is 44.3 Å². The topological polar surface area (TPSA) is 20.2 Å². The highest BCUT2D eigenvalue weighted by Gasteiger charge is 2.16. The SMILES string of the molecule is CC(O)c1cc(Br)ccc1SCC1CCCC1. The molecule has 1 N–H and O–H groups in total. The average molecular weight is 315 g/mol. The molecule has 1 fully saturated rings. The summed E-state index contributed by atoms with van der Waals surface area (Å²) in [7, 11) is 0. The van der Waals surface area contributed by atoms with Crippen LogP contribution in [0.15, 0.2) is 27.6 Å². The Morgan fingerprint density at radius 2 is 2.12 bits per heavy atom. The molecule has 1 aliphatic rings. The first-order valence-electron chi connectivity index (χ1n) is 6.27. The average Bonchev–Trinajstić information content (AvgIpc) is 2.80. The monoisotopic (exact) mass is 314 g/mol. The van der Waals surface area contributed by atoms with E-state index in [9.17, 15) is 5.11 Å². The van der Waals surface area contributed by atoms with Gasteiger partial charge in [-0.3, -0.25) is 0 Å². The molecular weight excluding hydrogens is 296 g/mol. The van der Waals surface area contributed by atoms with Gasteiger partial charge in [0, 0.05) is 15.1 Å². The minimum absolute atomic E-state index is 0.390. The maximum atomic E-state index is 9.79.